The molecular weight excluding hydrogens is 148 g/mol. The van der Waals surface area contributed by atoms with Crippen LogP contribution in [0.4, 0.5) is 0 Å². The lowest BCUT2D eigenvalue weighted by atomic mass is 10.6. The van der Waals surface area contributed by atoms with Gasteiger partial charge in [0.15, 0.2) is 0 Å². The zero-order valence-electron chi connectivity index (χ0n) is 6.37. The number of aromatic nitrogens is 4. The Kier molecular flexibility index (Phi) is 2.15. The van der Waals surface area contributed by atoms with E-state index >= 15 is 0 Å². The van der Waals surface area contributed by atoms with Crippen molar-refractivity contribution in [1.29, 1.82) is 0 Å². The minimum atomic E-state index is -0.510. The molecule has 1 N–H and O–H groups in total. The van der Waals surface area contributed by atoms with Crippen molar-refractivity contribution in [3.8, 4) is 0 Å². The molecule has 11 heavy (non-hydrogen) atoms. The molecule has 1 heterocycles. The van der Waals surface area contributed by atoms with Crippen LogP contribution in [-0.4, -0.2) is 28.0 Å². The summed E-state index contributed by atoms with van der Waals surface area (Å²) >= 11 is 0. The van der Waals surface area contributed by atoms with Crippen LogP contribution in [0.3, 0.4) is 0 Å². The Balaban J connectivity index is 2.69. The van der Waals surface area contributed by atoms with Crippen molar-refractivity contribution in [2.45, 2.75) is 6.92 Å². The normalized spacial score (nSPS) is 9.64. The lowest BCUT2D eigenvalue weighted by molar-refractivity contribution is -0.784. The van der Waals surface area contributed by atoms with Gasteiger partial charge in [-0.1, -0.05) is 4.80 Å². The molecule has 0 atom stereocenters. The van der Waals surface area contributed by atoms with Gasteiger partial charge in [-0.25, -0.2) is 4.79 Å². The molecule has 0 unspecified atom stereocenters. The Hall–Kier alpha value is -1.46. The van der Waals surface area contributed by atoms with E-state index in [-0.39, 0.29) is 5.82 Å². The van der Waals surface area contributed by atoms with Gasteiger partial charge in [-0.3, -0.25) is 0 Å². The molecule has 0 amide bonds. The van der Waals surface area contributed by atoms with Crippen LogP contribution in [0.5, 0.6) is 0 Å². The maximum atomic E-state index is 10.9. The van der Waals surface area contributed by atoms with Gasteiger partial charge in [-0.05, 0) is 17.2 Å². The highest BCUT2D eigenvalue weighted by atomic mass is 16.5. The Morgan fingerprint density at radius 2 is 2.55 bits per heavy atom. The average Bonchev–Trinajstić information content (AvgIpc) is 2.36. The minimum absolute atomic E-state index is 0.0503. The van der Waals surface area contributed by atoms with E-state index in [2.05, 4.69) is 20.1 Å². The summed E-state index contributed by atoms with van der Waals surface area (Å²) in [6, 6.07) is 0. The monoisotopic (exact) mass is 157 g/mol. The number of carbonyl (C=O) groups is 1. The molecule has 6 heteroatoms. The molecule has 0 saturated carbocycles. The summed E-state index contributed by atoms with van der Waals surface area (Å²) in [5.41, 5.74) is 0. The summed E-state index contributed by atoms with van der Waals surface area (Å²) in [5.74, 6) is -0.460. The maximum Gasteiger partial charge on any atom is 0.415 e. The van der Waals surface area contributed by atoms with Gasteiger partial charge >= 0.3 is 11.8 Å². The molecule has 0 saturated heterocycles. The maximum absolute atomic E-state index is 10.9. The van der Waals surface area contributed by atoms with E-state index in [1.807, 2.05) is 0 Å². The number of aromatic amines is 1. The Bertz CT molecular complexity index is 257. The first-order chi connectivity index (χ1) is 5.24. The van der Waals surface area contributed by atoms with E-state index < -0.39 is 5.97 Å². The molecule has 0 bridgehead atoms. The van der Waals surface area contributed by atoms with Crippen LogP contribution in [0.25, 0.3) is 0 Å². The van der Waals surface area contributed by atoms with Gasteiger partial charge in [-0.2, -0.15) is 0 Å². The third-order valence-electron chi connectivity index (χ3n) is 1.00. The molecule has 1 aromatic rings. The summed E-state index contributed by atoms with van der Waals surface area (Å²) in [6.45, 7) is 2.06. The lowest BCUT2D eigenvalue weighted by Gasteiger charge is -1.90. The number of aryl methyl sites for hydroxylation is 1. The SMILES string of the molecule is CCOC(=O)c1n[nH][n+](C)n1. The topological polar surface area (TPSA) is 71.8 Å². The standard InChI is InChI=1S/C5H8N4O2/c1-3-11-5(10)4-6-8-9(2)7-4/h3H2,1-2H3/p+1. The number of tetrazole rings is 1. The fourth-order valence-electron chi connectivity index (χ4n) is 0.589. The largest absolute Gasteiger partial charge is 0.458 e. The average molecular weight is 157 g/mol. The van der Waals surface area contributed by atoms with Crippen LogP contribution >= 0.6 is 0 Å². The van der Waals surface area contributed by atoms with Crippen molar-refractivity contribution in [2.24, 2.45) is 7.05 Å². The van der Waals surface area contributed by atoms with Crippen molar-refractivity contribution in [2.75, 3.05) is 6.61 Å². The van der Waals surface area contributed by atoms with Gasteiger partial charge in [-0.15, -0.1) is 0 Å². The van der Waals surface area contributed by atoms with Gasteiger partial charge in [0.05, 0.1) is 11.7 Å². The van der Waals surface area contributed by atoms with E-state index in [0.29, 0.717) is 6.61 Å². The molecule has 0 radical (unpaired) electrons. The van der Waals surface area contributed by atoms with Crippen LogP contribution in [0.15, 0.2) is 0 Å². The summed E-state index contributed by atoms with van der Waals surface area (Å²) in [6.07, 6.45) is 0. The van der Waals surface area contributed by atoms with Crippen LogP contribution in [0, 0.1) is 0 Å². The van der Waals surface area contributed by atoms with Gasteiger partial charge in [0.25, 0.3) is 0 Å². The van der Waals surface area contributed by atoms with E-state index in [1.165, 1.54) is 4.80 Å². The van der Waals surface area contributed by atoms with Gasteiger partial charge in [0.2, 0.25) is 0 Å². The number of H-pyrrole nitrogens is 1. The molecule has 0 aliphatic heterocycles. The number of nitrogens with zero attached hydrogens (tertiary/aromatic N) is 3. The van der Waals surface area contributed by atoms with Crippen LogP contribution in [0.1, 0.15) is 17.5 Å². The fourth-order valence-corrected chi connectivity index (χ4v) is 0.589. The van der Waals surface area contributed by atoms with E-state index in [1.54, 1.807) is 14.0 Å². The number of nitrogens with one attached hydrogen (secondary N) is 1. The summed E-state index contributed by atoms with van der Waals surface area (Å²) in [4.78, 5) is 12.2. The molecular formula is C5H9N4O2+. The highest BCUT2D eigenvalue weighted by molar-refractivity contribution is 5.84. The minimum Gasteiger partial charge on any atom is -0.458 e. The lowest BCUT2D eigenvalue weighted by Crippen LogP contribution is -2.33. The van der Waals surface area contributed by atoms with Crippen molar-refractivity contribution >= 4 is 5.97 Å². The zero-order chi connectivity index (χ0) is 8.27. The molecule has 0 fully saturated rings. The van der Waals surface area contributed by atoms with Crippen LogP contribution in [-0.2, 0) is 11.8 Å². The second-order valence-electron chi connectivity index (χ2n) is 1.88. The molecule has 0 aliphatic rings. The molecule has 60 valence electrons. The summed E-state index contributed by atoms with van der Waals surface area (Å²) in [7, 11) is 1.63. The number of esters is 1. The molecule has 6 nitrogen and oxygen atoms in total. The second kappa shape index (κ2) is 3.09. The fraction of sp³-hybridized carbons (Fsp3) is 0.600. The number of hydrogen-bond acceptors (Lipinski definition) is 4. The Morgan fingerprint density at radius 1 is 1.82 bits per heavy atom. The third-order valence-corrected chi connectivity index (χ3v) is 1.00. The van der Waals surface area contributed by atoms with E-state index in [0.717, 1.165) is 0 Å². The highest BCUT2D eigenvalue weighted by Crippen LogP contribution is 1.86. The molecule has 0 spiro atoms. The number of carbonyl (C=O) groups excluding carboxylic acids is 1. The second-order valence-corrected chi connectivity index (χ2v) is 1.88. The predicted molar refractivity (Wildman–Crippen MR) is 33.5 cm³/mol. The summed E-state index contributed by atoms with van der Waals surface area (Å²) in [5, 5.41) is 9.75. The van der Waals surface area contributed by atoms with Gasteiger partial charge < -0.3 is 4.74 Å². The van der Waals surface area contributed by atoms with Crippen LogP contribution in [0.2, 0.25) is 0 Å². The Labute approximate surface area is 63.1 Å². The van der Waals surface area contributed by atoms with Crippen molar-refractivity contribution < 1.29 is 14.3 Å². The summed E-state index contributed by atoms with van der Waals surface area (Å²) < 4.78 is 4.64. The molecule has 1 aromatic heterocycles. The number of rotatable bonds is 2. The Morgan fingerprint density at radius 3 is 3.00 bits per heavy atom. The first kappa shape index (κ1) is 7.64. The third kappa shape index (κ3) is 1.73. The number of hydrogen-bond donors (Lipinski definition) is 1. The van der Waals surface area contributed by atoms with Gasteiger partial charge in [0.1, 0.15) is 7.05 Å². The molecule has 1 rings (SSSR count). The van der Waals surface area contributed by atoms with Crippen molar-refractivity contribution in [3.63, 3.8) is 0 Å². The number of ether oxygens (including phenoxy) is 1. The quantitative estimate of drug-likeness (QED) is 0.432. The van der Waals surface area contributed by atoms with Crippen molar-refractivity contribution in [1.82, 2.24) is 15.4 Å². The smallest absolute Gasteiger partial charge is 0.415 e. The zero-order valence-corrected chi connectivity index (χ0v) is 6.37. The highest BCUT2D eigenvalue weighted by Gasteiger charge is 2.19. The van der Waals surface area contributed by atoms with Crippen LogP contribution < -0.4 is 4.80 Å². The van der Waals surface area contributed by atoms with E-state index in [4.69, 9.17) is 0 Å². The molecule has 0 aliphatic carbocycles. The van der Waals surface area contributed by atoms with Crippen molar-refractivity contribution in [3.05, 3.63) is 5.82 Å². The van der Waals surface area contributed by atoms with E-state index in [9.17, 15) is 4.79 Å². The predicted octanol–water partition coefficient (Wildman–Crippen LogP) is -1.19. The first-order valence-electron chi connectivity index (χ1n) is 3.20. The van der Waals surface area contributed by atoms with Gasteiger partial charge in [0, 0.05) is 0 Å². The first-order valence-corrected chi connectivity index (χ1v) is 3.20. The molecule has 0 aromatic carbocycles.